The molecule has 167 valence electrons. The van der Waals surface area contributed by atoms with Crippen LogP contribution in [0.1, 0.15) is 38.5 Å². The van der Waals surface area contributed by atoms with Gasteiger partial charge in [-0.25, -0.2) is 9.59 Å². The number of nitrogens with two attached hydrogens (primary N) is 2. The maximum absolute atomic E-state index is 11.0. The van der Waals surface area contributed by atoms with Gasteiger partial charge in [0.15, 0.2) is 0 Å². The first kappa shape index (κ1) is 33.2. The Morgan fingerprint density at radius 3 is 1.84 bits per heavy atom. The summed E-state index contributed by atoms with van der Waals surface area (Å²) in [4.78, 5) is 21.2. The van der Waals surface area contributed by atoms with Gasteiger partial charge >= 0.3 is 11.9 Å². The number of esters is 2. The minimum absolute atomic E-state index is 0. The summed E-state index contributed by atoms with van der Waals surface area (Å²) in [7, 11) is 2.68. The van der Waals surface area contributed by atoms with Gasteiger partial charge in [-0.1, -0.05) is 45.7 Å². The molecule has 1 radical (unpaired) electrons. The SMILES string of the molecule is C.C.C=C(C)C(=O)OC.COC(=O)/C=C/c1ccc(Cc2cc(N)cc(N)c2)cc1.[Y]. The molecule has 4 N–H and O–H groups in total. The van der Waals surface area contributed by atoms with Crippen molar-refractivity contribution in [3.8, 4) is 0 Å². The van der Waals surface area contributed by atoms with Crippen molar-refractivity contribution in [3.05, 3.63) is 77.4 Å². The Hall–Kier alpha value is -2.44. The maximum Gasteiger partial charge on any atom is 0.332 e. The van der Waals surface area contributed by atoms with Gasteiger partial charge < -0.3 is 20.9 Å². The summed E-state index contributed by atoms with van der Waals surface area (Å²) >= 11 is 0. The van der Waals surface area contributed by atoms with Crippen molar-refractivity contribution in [2.45, 2.75) is 28.2 Å². The van der Waals surface area contributed by atoms with Crippen LogP contribution in [0.5, 0.6) is 0 Å². The molecule has 0 aromatic heterocycles. The fourth-order valence-electron chi connectivity index (χ4n) is 2.24. The number of carbonyl (C=O) groups is 2. The summed E-state index contributed by atoms with van der Waals surface area (Å²) < 4.78 is 8.82. The van der Waals surface area contributed by atoms with Crippen molar-refractivity contribution in [2.75, 3.05) is 25.7 Å². The van der Waals surface area contributed by atoms with E-state index >= 15 is 0 Å². The summed E-state index contributed by atoms with van der Waals surface area (Å²) in [6, 6.07) is 13.5. The Morgan fingerprint density at radius 2 is 1.45 bits per heavy atom. The van der Waals surface area contributed by atoms with E-state index < -0.39 is 0 Å². The van der Waals surface area contributed by atoms with E-state index in [1.807, 2.05) is 36.4 Å². The van der Waals surface area contributed by atoms with E-state index in [1.54, 1.807) is 19.1 Å². The molecule has 0 spiro atoms. The molecule has 7 heteroatoms. The number of rotatable bonds is 5. The van der Waals surface area contributed by atoms with Crippen LogP contribution in [0.4, 0.5) is 11.4 Å². The van der Waals surface area contributed by atoms with Crippen LogP contribution < -0.4 is 11.5 Å². The van der Waals surface area contributed by atoms with E-state index in [1.165, 1.54) is 20.3 Å². The van der Waals surface area contributed by atoms with E-state index in [-0.39, 0.29) is 59.5 Å². The summed E-state index contributed by atoms with van der Waals surface area (Å²) in [5, 5.41) is 0. The number of ether oxygens (including phenoxy) is 2. The third kappa shape index (κ3) is 13.5. The standard InChI is InChI=1S/C17H18N2O2.C5H8O2.2CH4.Y/c1-21-17(20)7-6-12-2-4-13(5-3-12)8-14-9-15(18)11-16(19)10-14;1-4(2)5(6)7-3;;;/h2-7,9-11H,8,18-19H2,1H3;1H2,2-3H3;2*1H4;/b7-6+;;;;. The van der Waals surface area contributed by atoms with Gasteiger partial charge in [0.25, 0.3) is 0 Å². The molecule has 0 aliphatic carbocycles. The summed E-state index contributed by atoms with van der Waals surface area (Å²) in [6.07, 6.45) is 3.87. The van der Waals surface area contributed by atoms with Gasteiger partial charge in [-0.3, -0.25) is 0 Å². The summed E-state index contributed by atoms with van der Waals surface area (Å²) in [5.41, 5.74) is 16.5. The first-order chi connectivity index (χ1) is 13.2. The van der Waals surface area contributed by atoms with E-state index in [0.717, 1.165) is 23.1 Å². The van der Waals surface area contributed by atoms with E-state index in [2.05, 4.69) is 16.1 Å². The van der Waals surface area contributed by atoms with Crippen molar-refractivity contribution in [3.63, 3.8) is 0 Å². The molecule has 2 aromatic rings. The monoisotopic (exact) mass is 503 g/mol. The van der Waals surface area contributed by atoms with Gasteiger partial charge in [0.1, 0.15) is 0 Å². The Bertz CT molecular complexity index is 842. The Morgan fingerprint density at radius 1 is 0.935 bits per heavy atom. The topological polar surface area (TPSA) is 105 Å². The smallest absolute Gasteiger partial charge is 0.332 e. The van der Waals surface area contributed by atoms with Crippen LogP contribution in [0, 0.1) is 0 Å². The van der Waals surface area contributed by atoms with E-state index in [9.17, 15) is 9.59 Å². The minimum Gasteiger partial charge on any atom is -0.466 e. The molecule has 0 amide bonds. The van der Waals surface area contributed by atoms with Gasteiger partial charge in [0.05, 0.1) is 14.2 Å². The molecule has 2 aromatic carbocycles. The zero-order valence-corrected chi connectivity index (χ0v) is 19.8. The first-order valence-corrected chi connectivity index (χ1v) is 8.49. The molecule has 0 aliphatic rings. The Balaban J connectivity index is -0.000000686. The van der Waals surface area contributed by atoms with Crippen LogP contribution in [0.2, 0.25) is 0 Å². The molecule has 0 saturated carbocycles. The summed E-state index contributed by atoms with van der Waals surface area (Å²) in [6.45, 7) is 4.95. The van der Waals surface area contributed by atoms with E-state index in [4.69, 9.17) is 11.5 Å². The zero-order valence-electron chi connectivity index (χ0n) is 17.0. The van der Waals surface area contributed by atoms with Crippen LogP contribution in [-0.2, 0) is 58.2 Å². The number of hydrogen-bond donors (Lipinski definition) is 2. The first-order valence-electron chi connectivity index (χ1n) is 8.49. The molecule has 0 unspecified atom stereocenters. The Labute approximate surface area is 211 Å². The number of carbonyl (C=O) groups excluding carboxylic acids is 2. The largest absolute Gasteiger partial charge is 0.466 e. The number of benzene rings is 2. The Kier molecular flexibility index (Phi) is 18.5. The molecular formula is C24H34N2O4Y. The second kappa shape index (κ2) is 17.3. The maximum atomic E-state index is 11.0. The number of hydrogen-bond acceptors (Lipinski definition) is 6. The average molecular weight is 503 g/mol. The van der Waals surface area contributed by atoms with Gasteiger partial charge in [-0.05, 0) is 54.3 Å². The molecule has 0 atom stereocenters. The minimum atomic E-state index is -0.366. The predicted molar refractivity (Wildman–Crippen MR) is 126 cm³/mol. The molecule has 2 rings (SSSR count). The molecule has 6 nitrogen and oxygen atoms in total. The van der Waals surface area contributed by atoms with Crippen LogP contribution >= 0.6 is 0 Å². The molecule has 0 aliphatic heterocycles. The van der Waals surface area contributed by atoms with Gasteiger partial charge in [0, 0.05) is 55.7 Å². The number of nitrogen functional groups attached to an aromatic ring is 2. The number of methoxy groups -OCH3 is 2. The molecule has 0 fully saturated rings. The predicted octanol–water partition coefficient (Wildman–Crippen LogP) is 4.63. The molecule has 0 saturated heterocycles. The van der Waals surface area contributed by atoms with Crippen LogP contribution in [-0.4, -0.2) is 26.2 Å². The van der Waals surface area contributed by atoms with Crippen molar-refractivity contribution < 1.29 is 51.8 Å². The van der Waals surface area contributed by atoms with Gasteiger partial charge in [-0.15, -0.1) is 0 Å². The van der Waals surface area contributed by atoms with Crippen molar-refractivity contribution in [1.82, 2.24) is 0 Å². The third-order valence-electron chi connectivity index (χ3n) is 3.57. The molecule has 0 bridgehead atoms. The van der Waals surface area contributed by atoms with Crippen molar-refractivity contribution >= 4 is 29.4 Å². The fourth-order valence-corrected chi connectivity index (χ4v) is 2.24. The van der Waals surface area contributed by atoms with Gasteiger partial charge in [-0.2, -0.15) is 0 Å². The van der Waals surface area contributed by atoms with Crippen LogP contribution in [0.3, 0.4) is 0 Å². The summed E-state index contributed by atoms with van der Waals surface area (Å²) in [5.74, 6) is -0.714. The van der Waals surface area contributed by atoms with Crippen molar-refractivity contribution in [1.29, 1.82) is 0 Å². The second-order valence-corrected chi connectivity index (χ2v) is 6.05. The van der Waals surface area contributed by atoms with Gasteiger partial charge in [0.2, 0.25) is 0 Å². The van der Waals surface area contributed by atoms with Crippen molar-refractivity contribution in [2.24, 2.45) is 0 Å². The molecule has 0 heterocycles. The zero-order chi connectivity index (χ0) is 21.1. The third-order valence-corrected chi connectivity index (χ3v) is 3.57. The molecular weight excluding hydrogens is 469 g/mol. The molecule has 31 heavy (non-hydrogen) atoms. The van der Waals surface area contributed by atoms with E-state index in [0.29, 0.717) is 16.9 Å². The normalized spacial score (nSPS) is 9.00. The number of anilines is 2. The van der Waals surface area contributed by atoms with Crippen LogP contribution in [0.25, 0.3) is 6.08 Å². The second-order valence-electron chi connectivity index (χ2n) is 6.05. The quantitative estimate of drug-likeness (QED) is 0.350. The fraction of sp³-hybridized carbons (Fsp3) is 0.250. The van der Waals surface area contributed by atoms with Crippen LogP contribution in [0.15, 0.2) is 60.7 Å². The average Bonchev–Trinajstić information content (AvgIpc) is 2.66.